The maximum Gasteiger partial charge on any atom is 0.262 e. The zero-order chi connectivity index (χ0) is 20.2. The number of rotatable bonds is 7. The highest BCUT2D eigenvalue weighted by Gasteiger charge is 2.22. The fourth-order valence-electron chi connectivity index (χ4n) is 2.46. The number of anilines is 1. The van der Waals surface area contributed by atoms with E-state index < -0.39 is 10.0 Å². The van der Waals surface area contributed by atoms with Crippen molar-refractivity contribution in [1.29, 1.82) is 0 Å². The average molecular weight is 391 g/mol. The van der Waals surface area contributed by atoms with Crippen molar-refractivity contribution in [1.82, 2.24) is 4.31 Å². The Labute approximate surface area is 161 Å². The van der Waals surface area contributed by atoms with Crippen LogP contribution in [0.5, 0.6) is 5.75 Å². The zero-order valence-electron chi connectivity index (χ0n) is 16.3. The molecule has 0 radical (unpaired) electrons. The molecular weight excluding hydrogens is 364 g/mol. The van der Waals surface area contributed by atoms with Gasteiger partial charge in [-0.25, -0.2) is 8.42 Å². The summed E-state index contributed by atoms with van der Waals surface area (Å²) in [5.41, 5.74) is 2.60. The molecule has 146 valence electrons. The molecule has 0 spiro atoms. The molecule has 1 amide bonds. The van der Waals surface area contributed by atoms with Crippen LogP contribution >= 0.6 is 0 Å². The first kappa shape index (κ1) is 20.9. The molecule has 0 aliphatic carbocycles. The first-order chi connectivity index (χ1) is 12.6. The van der Waals surface area contributed by atoms with Crippen LogP contribution in [0.15, 0.2) is 47.4 Å². The number of hydrogen-bond donors (Lipinski definition) is 1. The Morgan fingerprint density at radius 1 is 1.11 bits per heavy atom. The standard InChI is InChI=1S/C20H26N2O4S/c1-14(2)22(5)27(24,25)18-9-7-17(8-10-18)21-20(23)13-26-19-11-6-15(3)12-16(19)4/h6-12,14H,13H2,1-5H3,(H,21,23). The van der Waals surface area contributed by atoms with E-state index in [0.29, 0.717) is 11.4 Å². The second kappa shape index (κ2) is 8.54. The second-order valence-corrected chi connectivity index (χ2v) is 8.74. The van der Waals surface area contributed by atoms with E-state index in [4.69, 9.17) is 4.74 Å². The van der Waals surface area contributed by atoms with Crippen LogP contribution in [-0.4, -0.2) is 38.3 Å². The summed E-state index contributed by atoms with van der Waals surface area (Å²) in [5.74, 6) is 0.346. The van der Waals surface area contributed by atoms with Gasteiger partial charge in [0.05, 0.1) is 4.90 Å². The number of carbonyl (C=O) groups is 1. The first-order valence-corrected chi connectivity index (χ1v) is 10.1. The number of amides is 1. The molecule has 7 heteroatoms. The van der Waals surface area contributed by atoms with Crippen LogP contribution in [0.25, 0.3) is 0 Å². The molecule has 0 unspecified atom stereocenters. The van der Waals surface area contributed by atoms with Crippen LogP contribution < -0.4 is 10.1 Å². The molecule has 0 aliphatic heterocycles. The topological polar surface area (TPSA) is 75.7 Å². The molecule has 27 heavy (non-hydrogen) atoms. The highest BCUT2D eigenvalue weighted by molar-refractivity contribution is 7.89. The molecule has 2 aromatic carbocycles. The van der Waals surface area contributed by atoms with Crippen LogP contribution in [0.4, 0.5) is 5.69 Å². The zero-order valence-corrected chi connectivity index (χ0v) is 17.1. The molecule has 2 aromatic rings. The SMILES string of the molecule is Cc1ccc(OCC(=O)Nc2ccc(S(=O)(=O)N(C)C(C)C)cc2)c(C)c1. The molecule has 0 aliphatic rings. The first-order valence-electron chi connectivity index (χ1n) is 8.69. The van der Waals surface area contributed by atoms with Gasteiger partial charge < -0.3 is 10.1 Å². The molecule has 0 atom stereocenters. The number of sulfonamides is 1. The predicted octanol–water partition coefficient (Wildman–Crippen LogP) is 3.35. The van der Waals surface area contributed by atoms with Gasteiger partial charge in [-0.05, 0) is 63.6 Å². The summed E-state index contributed by atoms with van der Waals surface area (Å²) in [7, 11) is -2.00. The normalized spacial score (nSPS) is 11.7. The van der Waals surface area contributed by atoms with E-state index >= 15 is 0 Å². The predicted molar refractivity (Wildman–Crippen MR) is 107 cm³/mol. The summed E-state index contributed by atoms with van der Waals surface area (Å²) < 4.78 is 31.7. The van der Waals surface area contributed by atoms with Gasteiger partial charge in [-0.1, -0.05) is 17.7 Å². The number of hydrogen-bond acceptors (Lipinski definition) is 4. The number of ether oxygens (including phenoxy) is 1. The largest absolute Gasteiger partial charge is 0.483 e. The molecule has 0 fully saturated rings. The highest BCUT2D eigenvalue weighted by atomic mass is 32.2. The Morgan fingerprint density at radius 3 is 2.30 bits per heavy atom. The quantitative estimate of drug-likeness (QED) is 0.787. The Morgan fingerprint density at radius 2 is 1.74 bits per heavy atom. The van der Waals surface area contributed by atoms with Gasteiger partial charge in [-0.3, -0.25) is 4.79 Å². The van der Waals surface area contributed by atoms with E-state index in [0.717, 1.165) is 11.1 Å². The van der Waals surface area contributed by atoms with Gasteiger partial charge in [0.1, 0.15) is 5.75 Å². The van der Waals surface area contributed by atoms with Crippen molar-refractivity contribution in [2.75, 3.05) is 19.0 Å². The molecule has 1 N–H and O–H groups in total. The number of nitrogens with one attached hydrogen (secondary N) is 1. The Kier molecular flexibility index (Phi) is 6.62. The van der Waals surface area contributed by atoms with Crippen molar-refractivity contribution in [3.63, 3.8) is 0 Å². The summed E-state index contributed by atoms with van der Waals surface area (Å²) in [5, 5.41) is 2.70. The van der Waals surface area contributed by atoms with E-state index in [2.05, 4.69) is 5.32 Å². The van der Waals surface area contributed by atoms with Crippen LogP contribution in [0.3, 0.4) is 0 Å². The smallest absolute Gasteiger partial charge is 0.262 e. The summed E-state index contributed by atoms with van der Waals surface area (Å²) in [4.78, 5) is 12.3. The van der Waals surface area contributed by atoms with E-state index in [9.17, 15) is 13.2 Å². The summed E-state index contributed by atoms with van der Waals surface area (Å²) in [6.45, 7) is 7.41. The summed E-state index contributed by atoms with van der Waals surface area (Å²) >= 11 is 0. The molecular formula is C20H26N2O4S. The lowest BCUT2D eigenvalue weighted by molar-refractivity contribution is -0.118. The van der Waals surface area contributed by atoms with E-state index in [1.54, 1.807) is 19.2 Å². The minimum absolute atomic E-state index is 0.125. The minimum Gasteiger partial charge on any atom is -0.483 e. The average Bonchev–Trinajstić information content (AvgIpc) is 2.60. The molecule has 0 aromatic heterocycles. The third kappa shape index (κ3) is 5.30. The Hall–Kier alpha value is -2.38. The van der Waals surface area contributed by atoms with Gasteiger partial charge in [-0.15, -0.1) is 0 Å². The molecule has 0 bridgehead atoms. The van der Waals surface area contributed by atoms with Gasteiger partial charge in [-0.2, -0.15) is 4.31 Å². The third-order valence-electron chi connectivity index (χ3n) is 4.23. The van der Waals surface area contributed by atoms with Crippen LogP contribution in [0.1, 0.15) is 25.0 Å². The fraction of sp³-hybridized carbons (Fsp3) is 0.350. The van der Waals surface area contributed by atoms with Gasteiger partial charge in [0.15, 0.2) is 6.61 Å². The maximum absolute atomic E-state index is 12.4. The molecule has 6 nitrogen and oxygen atoms in total. The summed E-state index contributed by atoms with van der Waals surface area (Å²) in [6, 6.07) is 11.7. The minimum atomic E-state index is -3.54. The van der Waals surface area contributed by atoms with Crippen molar-refractivity contribution in [3.05, 3.63) is 53.6 Å². The van der Waals surface area contributed by atoms with Gasteiger partial charge in [0, 0.05) is 18.8 Å². The fourth-order valence-corrected chi connectivity index (χ4v) is 3.82. The van der Waals surface area contributed by atoms with Crippen molar-refractivity contribution in [2.45, 2.75) is 38.6 Å². The van der Waals surface area contributed by atoms with E-state index in [1.807, 2.05) is 45.9 Å². The number of carbonyl (C=O) groups excluding carboxylic acids is 1. The third-order valence-corrected chi connectivity index (χ3v) is 6.28. The van der Waals surface area contributed by atoms with Crippen molar-refractivity contribution < 1.29 is 17.9 Å². The van der Waals surface area contributed by atoms with Gasteiger partial charge in [0.2, 0.25) is 10.0 Å². The molecule has 0 heterocycles. The van der Waals surface area contributed by atoms with Crippen LogP contribution in [0, 0.1) is 13.8 Å². The van der Waals surface area contributed by atoms with Crippen LogP contribution in [0.2, 0.25) is 0 Å². The number of benzene rings is 2. The monoisotopic (exact) mass is 390 g/mol. The lowest BCUT2D eigenvalue weighted by Crippen LogP contribution is -2.33. The molecule has 2 rings (SSSR count). The van der Waals surface area contributed by atoms with Crippen molar-refractivity contribution in [2.24, 2.45) is 0 Å². The number of aryl methyl sites for hydroxylation is 2. The van der Waals surface area contributed by atoms with E-state index in [1.165, 1.54) is 16.4 Å². The summed E-state index contributed by atoms with van der Waals surface area (Å²) in [6.07, 6.45) is 0. The number of nitrogens with zero attached hydrogens (tertiary/aromatic N) is 1. The lowest BCUT2D eigenvalue weighted by Gasteiger charge is -2.21. The Bertz CT molecular complexity index is 906. The van der Waals surface area contributed by atoms with Crippen LogP contribution in [-0.2, 0) is 14.8 Å². The Balaban J connectivity index is 1.98. The van der Waals surface area contributed by atoms with Gasteiger partial charge >= 0.3 is 0 Å². The van der Waals surface area contributed by atoms with Crippen molar-refractivity contribution >= 4 is 21.6 Å². The van der Waals surface area contributed by atoms with Gasteiger partial charge in [0.25, 0.3) is 5.91 Å². The second-order valence-electron chi connectivity index (χ2n) is 6.75. The van der Waals surface area contributed by atoms with E-state index in [-0.39, 0.29) is 23.5 Å². The molecule has 0 saturated carbocycles. The lowest BCUT2D eigenvalue weighted by atomic mass is 10.1. The van der Waals surface area contributed by atoms with Crippen molar-refractivity contribution in [3.8, 4) is 5.75 Å². The molecule has 0 saturated heterocycles. The maximum atomic E-state index is 12.4. The highest BCUT2D eigenvalue weighted by Crippen LogP contribution is 2.20.